The Labute approximate surface area is 178 Å². The van der Waals surface area contributed by atoms with Crippen LogP contribution in [0.25, 0.3) is 11.1 Å². The lowest BCUT2D eigenvalue weighted by Gasteiger charge is -2.27. The van der Waals surface area contributed by atoms with E-state index in [0.717, 1.165) is 22.9 Å². The van der Waals surface area contributed by atoms with Gasteiger partial charge in [0, 0.05) is 29.9 Å². The van der Waals surface area contributed by atoms with E-state index in [1.54, 1.807) is 12.4 Å². The lowest BCUT2D eigenvalue weighted by atomic mass is 10.0. The first-order valence-electron chi connectivity index (χ1n) is 9.47. The average Bonchev–Trinajstić information content (AvgIpc) is 2.76. The van der Waals surface area contributed by atoms with E-state index in [0.29, 0.717) is 37.0 Å². The summed E-state index contributed by atoms with van der Waals surface area (Å²) in [4.78, 5) is 14.3. The standard InChI is InChI=1S/C21H20ClFN6O/c1-14-3-2-4-17(22)19(14)15-5-6-24-16(11-15)12-26-28-21-25-13-18(23)20(27-21)29-7-9-30-10-8-29/h2-6,11-13H,7-10H2,1H3,(H,25,27,28)/b26-12-. The van der Waals surface area contributed by atoms with Crippen LogP contribution in [-0.2, 0) is 4.74 Å². The highest BCUT2D eigenvalue weighted by molar-refractivity contribution is 6.33. The largest absolute Gasteiger partial charge is 0.378 e. The van der Waals surface area contributed by atoms with Gasteiger partial charge in [0.2, 0.25) is 5.95 Å². The number of aryl methyl sites for hydroxylation is 1. The van der Waals surface area contributed by atoms with E-state index in [2.05, 4.69) is 25.5 Å². The van der Waals surface area contributed by atoms with E-state index < -0.39 is 5.82 Å². The van der Waals surface area contributed by atoms with Gasteiger partial charge in [-0.15, -0.1) is 0 Å². The topological polar surface area (TPSA) is 75.5 Å². The van der Waals surface area contributed by atoms with Gasteiger partial charge in [0.1, 0.15) is 0 Å². The van der Waals surface area contributed by atoms with E-state index in [4.69, 9.17) is 16.3 Å². The molecule has 0 atom stereocenters. The Morgan fingerprint density at radius 3 is 2.87 bits per heavy atom. The molecule has 1 aliphatic rings. The molecule has 0 radical (unpaired) electrons. The summed E-state index contributed by atoms with van der Waals surface area (Å²) in [6.07, 6.45) is 4.38. The predicted octanol–water partition coefficient (Wildman–Crippen LogP) is 3.92. The predicted molar refractivity (Wildman–Crippen MR) is 116 cm³/mol. The van der Waals surface area contributed by atoms with Crippen molar-refractivity contribution in [3.63, 3.8) is 0 Å². The molecule has 7 nitrogen and oxygen atoms in total. The highest BCUT2D eigenvalue weighted by Gasteiger charge is 2.17. The molecule has 1 aromatic carbocycles. The number of anilines is 2. The van der Waals surface area contributed by atoms with Crippen LogP contribution >= 0.6 is 11.6 Å². The van der Waals surface area contributed by atoms with Gasteiger partial charge in [-0.2, -0.15) is 10.1 Å². The van der Waals surface area contributed by atoms with E-state index >= 15 is 0 Å². The second-order valence-corrected chi connectivity index (χ2v) is 7.14. The molecule has 0 saturated carbocycles. The normalized spacial score (nSPS) is 14.3. The molecule has 0 unspecified atom stereocenters. The molecular formula is C21H20ClFN6O. The number of hydrazone groups is 1. The molecule has 9 heteroatoms. The third-order valence-corrected chi connectivity index (χ3v) is 5.00. The van der Waals surface area contributed by atoms with Gasteiger partial charge in [-0.05, 0) is 36.2 Å². The van der Waals surface area contributed by atoms with Gasteiger partial charge in [-0.25, -0.2) is 14.8 Å². The number of rotatable bonds is 5. The molecule has 30 heavy (non-hydrogen) atoms. The first-order chi connectivity index (χ1) is 14.6. The molecule has 2 aromatic heterocycles. The van der Waals surface area contributed by atoms with Gasteiger partial charge in [0.15, 0.2) is 11.6 Å². The van der Waals surface area contributed by atoms with Crippen molar-refractivity contribution >= 4 is 29.6 Å². The molecule has 0 spiro atoms. The van der Waals surface area contributed by atoms with Crippen LogP contribution in [0.5, 0.6) is 0 Å². The minimum atomic E-state index is -0.476. The molecule has 0 amide bonds. The lowest BCUT2D eigenvalue weighted by Crippen LogP contribution is -2.37. The fraction of sp³-hybridized carbons (Fsp3) is 0.238. The number of hydrogen-bond acceptors (Lipinski definition) is 7. The second kappa shape index (κ2) is 9.15. The minimum Gasteiger partial charge on any atom is -0.378 e. The summed E-state index contributed by atoms with van der Waals surface area (Å²) in [6, 6.07) is 9.58. The quantitative estimate of drug-likeness (QED) is 0.492. The molecule has 1 aliphatic heterocycles. The summed E-state index contributed by atoms with van der Waals surface area (Å²) >= 11 is 6.37. The Morgan fingerprint density at radius 2 is 2.07 bits per heavy atom. The number of nitrogens with zero attached hydrogens (tertiary/aromatic N) is 5. The van der Waals surface area contributed by atoms with Crippen LogP contribution in [0.15, 0.2) is 47.8 Å². The van der Waals surface area contributed by atoms with Crippen LogP contribution < -0.4 is 10.3 Å². The Kier molecular flexibility index (Phi) is 6.15. The first kappa shape index (κ1) is 20.2. The molecular weight excluding hydrogens is 407 g/mol. The van der Waals surface area contributed by atoms with Crippen LogP contribution in [-0.4, -0.2) is 47.5 Å². The molecule has 154 valence electrons. The maximum atomic E-state index is 14.1. The van der Waals surface area contributed by atoms with Crippen molar-refractivity contribution in [2.24, 2.45) is 5.10 Å². The van der Waals surface area contributed by atoms with Gasteiger partial charge in [0.25, 0.3) is 0 Å². The zero-order valence-corrected chi connectivity index (χ0v) is 17.1. The summed E-state index contributed by atoms with van der Waals surface area (Å²) in [5, 5.41) is 4.82. The maximum Gasteiger partial charge on any atom is 0.245 e. The van der Waals surface area contributed by atoms with Crippen LogP contribution in [0, 0.1) is 12.7 Å². The first-order valence-corrected chi connectivity index (χ1v) is 9.85. The molecule has 1 saturated heterocycles. The van der Waals surface area contributed by atoms with Crippen molar-refractivity contribution in [3.05, 3.63) is 64.8 Å². The summed E-state index contributed by atoms with van der Waals surface area (Å²) in [5.74, 6) is -0.0385. The van der Waals surface area contributed by atoms with Gasteiger partial charge in [-0.1, -0.05) is 23.7 Å². The highest BCUT2D eigenvalue weighted by atomic mass is 35.5. The zero-order valence-electron chi connectivity index (χ0n) is 16.3. The molecule has 0 aliphatic carbocycles. The van der Waals surface area contributed by atoms with Gasteiger partial charge < -0.3 is 9.64 Å². The molecule has 1 fully saturated rings. The molecule has 3 heterocycles. The van der Waals surface area contributed by atoms with Crippen molar-refractivity contribution in [2.45, 2.75) is 6.92 Å². The van der Waals surface area contributed by atoms with Crippen molar-refractivity contribution in [2.75, 3.05) is 36.6 Å². The Bertz CT molecular complexity index is 1050. The van der Waals surface area contributed by atoms with Crippen molar-refractivity contribution in [3.8, 4) is 11.1 Å². The van der Waals surface area contributed by atoms with Gasteiger partial charge in [-0.3, -0.25) is 4.98 Å². The SMILES string of the molecule is Cc1cccc(Cl)c1-c1ccnc(/C=N\Nc2ncc(F)c(N3CCOCC3)n2)c1. The Balaban J connectivity index is 1.50. The number of ether oxygens (including phenoxy) is 1. The Hall–Kier alpha value is -3.10. The monoisotopic (exact) mass is 426 g/mol. The summed E-state index contributed by atoms with van der Waals surface area (Å²) in [6.45, 7) is 4.24. The Morgan fingerprint density at radius 1 is 1.23 bits per heavy atom. The van der Waals surface area contributed by atoms with Gasteiger partial charge in [0.05, 0.1) is 31.3 Å². The van der Waals surface area contributed by atoms with Crippen LogP contribution in [0.4, 0.5) is 16.2 Å². The average molecular weight is 427 g/mol. The van der Waals surface area contributed by atoms with Crippen LogP contribution in [0.1, 0.15) is 11.3 Å². The second-order valence-electron chi connectivity index (χ2n) is 6.74. The van der Waals surface area contributed by atoms with Crippen molar-refractivity contribution < 1.29 is 9.13 Å². The number of benzene rings is 1. The number of nitrogens with one attached hydrogen (secondary N) is 1. The molecule has 3 aromatic rings. The number of pyridine rings is 1. The fourth-order valence-electron chi connectivity index (χ4n) is 3.24. The number of hydrogen-bond donors (Lipinski definition) is 1. The summed E-state index contributed by atoms with van der Waals surface area (Å²) in [5.41, 5.74) is 6.35. The van der Waals surface area contributed by atoms with Gasteiger partial charge >= 0.3 is 0 Å². The third-order valence-electron chi connectivity index (χ3n) is 4.69. The van der Waals surface area contributed by atoms with E-state index in [-0.39, 0.29) is 11.8 Å². The highest BCUT2D eigenvalue weighted by Crippen LogP contribution is 2.30. The summed E-state index contributed by atoms with van der Waals surface area (Å²) < 4.78 is 19.4. The lowest BCUT2D eigenvalue weighted by molar-refractivity contribution is 0.122. The number of halogens is 2. The maximum absolute atomic E-state index is 14.1. The minimum absolute atomic E-state index is 0.201. The number of aromatic nitrogens is 3. The number of morpholine rings is 1. The van der Waals surface area contributed by atoms with Crippen molar-refractivity contribution in [1.82, 2.24) is 15.0 Å². The van der Waals surface area contributed by atoms with Crippen molar-refractivity contribution in [1.29, 1.82) is 0 Å². The van der Waals surface area contributed by atoms with Crippen LogP contribution in [0.2, 0.25) is 5.02 Å². The molecule has 0 bridgehead atoms. The molecule has 4 rings (SSSR count). The van der Waals surface area contributed by atoms with E-state index in [9.17, 15) is 4.39 Å². The van der Waals surface area contributed by atoms with E-state index in [1.807, 2.05) is 42.2 Å². The smallest absolute Gasteiger partial charge is 0.245 e. The molecule has 1 N–H and O–H groups in total. The fourth-order valence-corrected chi connectivity index (χ4v) is 3.57. The summed E-state index contributed by atoms with van der Waals surface area (Å²) in [7, 11) is 0. The van der Waals surface area contributed by atoms with E-state index in [1.165, 1.54) is 0 Å². The zero-order chi connectivity index (χ0) is 20.9. The third kappa shape index (κ3) is 4.55. The van der Waals surface area contributed by atoms with Crippen LogP contribution in [0.3, 0.4) is 0 Å².